The minimum atomic E-state index is -0.297. The molecule has 0 bridgehead atoms. The van der Waals surface area contributed by atoms with Crippen LogP contribution in [0.4, 0.5) is 5.69 Å². The van der Waals surface area contributed by atoms with Gasteiger partial charge >= 0.3 is 0 Å². The predicted molar refractivity (Wildman–Crippen MR) is 105 cm³/mol. The number of benzene rings is 2. The summed E-state index contributed by atoms with van der Waals surface area (Å²) in [6.07, 6.45) is 2.18. The molecular formula is C22H28N2O2. The van der Waals surface area contributed by atoms with E-state index in [-0.39, 0.29) is 11.4 Å². The summed E-state index contributed by atoms with van der Waals surface area (Å²) in [5, 5.41) is 3.42. The van der Waals surface area contributed by atoms with E-state index < -0.39 is 0 Å². The summed E-state index contributed by atoms with van der Waals surface area (Å²) in [5.41, 5.74) is 1.70. The molecule has 4 heteroatoms. The van der Waals surface area contributed by atoms with Crippen LogP contribution in [0.2, 0.25) is 0 Å². The van der Waals surface area contributed by atoms with Crippen LogP contribution in [-0.2, 0) is 16.0 Å². The number of hydrogen-bond acceptors (Lipinski definition) is 3. The standard InChI is InChI=1S/C22H28N2O2/c1-2-26-18-22(13-15-23-16-14-22)24(20-11-7-4-8-12-20)21(25)17-19-9-5-3-6-10-19/h3-12,23H,2,13-18H2,1H3. The topological polar surface area (TPSA) is 41.6 Å². The highest BCUT2D eigenvalue weighted by molar-refractivity contribution is 5.96. The summed E-state index contributed by atoms with van der Waals surface area (Å²) >= 11 is 0. The third-order valence-electron chi connectivity index (χ3n) is 5.05. The highest BCUT2D eigenvalue weighted by Gasteiger charge is 2.41. The lowest BCUT2D eigenvalue weighted by Crippen LogP contribution is -2.60. The third kappa shape index (κ3) is 4.32. The number of hydrogen-bond donors (Lipinski definition) is 1. The summed E-state index contributed by atoms with van der Waals surface area (Å²) in [6, 6.07) is 20.0. The van der Waals surface area contributed by atoms with Gasteiger partial charge < -0.3 is 15.0 Å². The molecule has 26 heavy (non-hydrogen) atoms. The van der Waals surface area contributed by atoms with E-state index in [1.165, 1.54) is 0 Å². The fourth-order valence-corrected chi connectivity index (χ4v) is 3.73. The quantitative estimate of drug-likeness (QED) is 0.830. The van der Waals surface area contributed by atoms with Crippen molar-refractivity contribution in [2.45, 2.75) is 31.7 Å². The van der Waals surface area contributed by atoms with E-state index in [2.05, 4.69) is 5.32 Å². The molecule has 1 heterocycles. The Labute approximate surface area is 156 Å². The van der Waals surface area contributed by atoms with E-state index in [0.29, 0.717) is 19.6 Å². The van der Waals surface area contributed by atoms with Crippen molar-refractivity contribution >= 4 is 11.6 Å². The minimum absolute atomic E-state index is 0.129. The number of nitrogens with zero attached hydrogens (tertiary/aromatic N) is 1. The lowest BCUT2D eigenvalue weighted by Gasteiger charge is -2.46. The Morgan fingerprint density at radius 2 is 1.65 bits per heavy atom. The largest absolute Gasteiger partial charge is 0.379 e. The van der Waals surface area contributed by atoms with Crippen LogP contribution in [0.1, 0.15) is 25.3 Å². The van der Waals surface area contributed by atoms with Gasteiger partial charge in [0.2, 0.25) is 5.91 Å². The maximum atomic E-state index is 13.4. The molecule has 0 atom stereocenters. The lowest BCUT2D eigenvalue weighted by atomic mass is 9.86. The van der Waals surface area contributed by atoms with Gasteiger partial charge in [0.1, 0.15) is 0 Å². The molecule has 0 unspecified atom stereocenters. The highest BCUT2D eigenvalue weighted by Crippen LogP contribution is 2.33. The van der Waals surface area contributed by atoms with Crippen LogP contribution in [0.25, 0.3) is 0 Å². The Morgan fingerprint density at radius 1 is 1.04 bits per heavy atom. The fraction of sp³-hybridized carbons (Fsp3) is 0.409. The summed E-state index contributed by atoms with van der Waals surface area (Å²) in [7, 11) is 0. The Kier molecular flexibility index (Phi) is 6.42. The molecule has 0 radical (unpaired) electrons. The molecule has 4 nitrogen and oxygen atoms in total. The summed E-state index contributed by atoms with van der Waals surface area (Å²) in [4.78, 5) is 15.4. The molecule has 2 aromatic rings. The number of carbonyl (C=O) groups is 1. The zero-order chi connectivity index (χ0) is 18.2. The summed E-state index contributed by atoms with van der Waals surface area (Å²) in [5.74, 6) is 0.129. The van der Waals surface area contributed by atoms with Gasteiger partial charge in [-0.15, -0.1) is 0 Å². The van der Waals surface area contributed by atoms with Crippen LogP contribution in [0.5, 0.6) is 0 Å². The molecule has 0 spiro atoms. The first-order chi connectivity index (χ1) is 12.7. The summed E-state index contributed by atoms with van der Waals surface area (Å²) < 4.78 is 5.86. The van der Waals surface area contributed by atoms with Gasteiger partial charge in [0.05, 0.1) is 18.6 Å². The maximum Gasteiger partial charge on any atom is 0.232 e. The van der Waals surface area contributed by atoms with E-state index in [0.717, 1.165) is 37.2 Å². The predicted octanol–water partition coefficient (Wildman–Crippen LogP) is 3.42. The molecule has 1 saturated heterocycles. The van der Waals surface area contributed by atoms with Gasteiger partial charge in [-0.3, -0.25) is 4.79 Å². The monoisotopic (exact) mass is 352 g/mol. The number of carbonyl (C=O) groups excluding carboxylic acids is 1. The van der Waals surface area contributed by atoms with E-state index in [9.17, 15) is 4.79 Å². The molecule has 1 amide bonds. The van der Waals surface area contributed by atoms with Crippen LogP contribution in [0.3, 0.4) is 0 Å². The van der Waals surface area contributed by atoms with E-state index >= 15 is 0 Å². The smallest absolute Gasteiger partial charge is 0.232 e. The SMILES string of the molecule is CCOCC1(N(C(=O)Cc2ccccc2)c2ccccc2)CCNCC1. The molecule has 2 aromatic carbocycles. The molecule has 0 saturated carbocycles. The molecule has 1 aliphatic rings. The van der Waals surface area contributed by atoms with Crippen LogP contribution < -0.4 is 10.2 Å². The first-order valence-electron chi connectivity index (χ1n) is 9.46. The highest BCUT2D eigenvalue weighted by atomic mass is 16.5. The molecule has 1 N–H and O–H groups in total. The molecule has 1 fully saturated rings. The second-order valence-corrected chi connectivity index (χ2v) is 6.84. The zero-order valence-electron chi connectivity index (χ0n) is 15.5. The van der Waals surface area contributed by atoms with Gasteiger partial charge in [-0.1, -0.05) is 48.5 Å². The van der Waals surface area contributed by atoms with Crippen LogP contribution in [0, 0.1) is 0 Å². The van der Waals surface area contributed by atoms with Gasteiger partial charge in [-0.2, -0.15) is 0 Å². The molecular weight excluding hydrogens is 324 g/mol. The van der Waals surface area contributed by atoms with Crippen molar-refractivity contribution in [1.82, 2.24) is 5.32 Å². The number of anilines is 1. The Morgan fingerprint density at radius 3 is 2.27 bits per heavy atom. The third-order valence-corrected chi connectivity index (χ3v) is 5.05. The molecule has 3 rings (SSSR count). The Hall–Kier alpha value is -2.17. The average Bonchev–Trinajstić information content (AvgIpc) is 2.69. The number of ether oxygens (including phenoxy) is 1. The molecule has 0 aliphatic carbocycles. The van der Waals surface area contributed by atoms with Crippen molar-refractivity contribution < 1.29 is 9.53 Å². The van der Waals surface area contributed by atoms with Crippen LogP contribution >= 0.6 is 0 Å². The van der Waals surface area contributed by atoms with E-state index in [1.54, 1.807) is 0 Å². The van der Waals surface area contributed by atoms with Crippen molar-refractivity contribution in [3.63, 3.8) is 0 Å². The van der Waals surface area contributed by atoms with Gasteiger partial charge in [-0.25, -0.2) is 0 Å². The second kappa shape index (κ2) is 8.97. The molecule has 0 aromatic heterocycles. The van der Waals surface area contributed by atoms with Crippen LogP contribution in [-0.4, -0.2) is 37.7 Å². The van der Waals surface area contributed by atoms with E-state index in [1.807, 2.05) is 72.5 Å². The number of rotatable bonds is 7. The molecule has 1 aliphatic heterocycles. The normalized spacial score (nSPS) is 16.2. The van der Waals surface area contributed by atoms with Crippen LogP contribution in [0.15, 0.2) is 60.7 Å². The number of para-hydroxylation sites is 1. The fourth-order valence-electron chi connectivity index (χ4n) is 3.73. The van der Waals surface area contributed by atoms with Crippen molar-refractivity contribution in [1.29, 1.82) is 0 Å². The van der Waals surface area contributed by atoms with Gasteiger partial charge in [0, 0.05) is 12.3 Å². The zero-order valence-corrected chi connectivity index (χ0v) is 15.5. The van der Waals surface area contributed by atoms with Gasteiger partial charge in [-0.05, 0) is 50.6 Å². The number of nitrogens with one attached hydrogen (secondary N) is 1. The lowest BCUT2D eigenvalue weighted by molar-refractivity contribution is -0.120. The van der Waals surface area contributed by atoms with Gasteiger partial charge in [0.25, 0.3) is 0 Å². The Balaban J connectivity index is 1.94. The first-order valence-corrected chi connectivity index (χ1v) is 9.46. The van der Waals surface area contributed by atoms with Crippen molar-refractivity contribution in [2.24, 2.45) is 0 Å². The van der Waals surface area contributed by atoms with E-state index in [4.69, 9.17) is 4.74 Å². The average molecular weight is 352 g/mol. The Bertz CT molecular complexity index is 682. The van der Waals surface area contributed by atoms with Crippen molar-refractivity contribution in [3.05, 3.63) is 66.2 Å². The molecule has 138 valence electrons. The summed E-state index contributed by atoms with van der Waals surface area (Å²) in [6.45, 7) is 5.03. The van der Waals surface area contributed by atoms with Gasteiger partial charge in [0.15, 0.2) is 0 Å². The number of piperidine rings is 1. The second-order valence-electron chi connectivity index (χ2n) is 6.84. The van der Waals surface area contributed by atoms with Crippen molar-refractivity contribution in [3.8, 4) is 0 Å². The number of amides is 1. The first kappa shape index (κ1) is 18.6. The maximum absolute atomic E-state index is 13.4. The van der Waals surface area contributed by atoms with Crippen molar-refractivity contribution in [2.75, 3.05) is 31.2 Å². The minimum Gasteiger partial charge on any atom is -0.379 e.